The smallest absolute Gasteiger partial charge is 0.330 e. The van der Waals surface area contributed by atoms with E-state index >= 15 is 0 Å². The molecular formula is C44H66N2O7. The second-order valence-electron chi connectivity index (χ2n) is 13.8. The molecule has 0 saturated heterocycles. The number of ether oxygens (including phenoxy) is 2. The molecule has 9 heteroatoms. The summed E-state index contributed by atoms with van der Waals surface area (Å²) >= 11 is 0. The molecule has 1 aromatic rings. The fourth-order valence-corrected chi connectivity index (χ4v) is 4.84. The van der Waals surface area contributed by atoms with Crippen LogP contribution in [0.5, 0.6) is 5.75 Å². The van der Waals surface area contributed by atoms with Gasteiger partial charge in [0.15, 0.2) is 0 Å². The average molecular weight is 735 g/mol. The number of carbonyl (C=O) groups is 3. The molecule has 0 heterocycles. The fraction of sp³-hybridized carbons (Fsp3) is 0.523. The van der Waals surface area contributed by atoms with Gasteiger partial charge in [0.25, 0.3) is 0 Å². The summed E-state index contributed by atoms with van der Waals surface area (Å²) in [5.74, 6) is -1.20. The van der Waals surface area contributed by atoms with Crippen LogP contribution in [0.25, 0.3) is 0 Å². The van der Waals surface area contributed by atoms with E-state index in [0.29, 0.717) is 25.9 Å². The molecule has 9 nitrogen and oxygen atoms in total. The Hall–Kier alpha value is -4.21. The van der Waals surface area contributed by atoms with Crippen LogP contribution < -0.4 is 15.4 Å². The van der Waals surface area contributed by atoms with Crippen LogP contribution in [0.4, 0.5) is 0 Å². The minimum atomic E-state index is -1.14. The molecule has 53 heavy (non-hydrogen) atoms. The van der Waals surface area contributed by atoms with Crippen molar-refractivity contribution >= 4 is 17.8 Å². The van der Waals surface area contributed by atoms with Gasteiger partial charge in [-0.3, -0.25) is 9.59 Å². The van der Waals surface area contributed by atoms with Gasteiger partial charge in [0.05, 0.1) is 26.4 Å². The molecule has 294 valence electrons. The summed E-state index contributed by atoms with van der Waals surface area (Å²) in [6, 6.07) is 4.88. The number of benzene rings is 1. The molecule has 0 aliphatic heterocycles. The number of amides is 2. The Morgan fingerprint density at radius 1 is 0.811 bits per heavy atom. The SMILES string of the molecule is CCC=CCC=CCC=CCC=CCC=CCC=CCCC(=O)NCC(NC(=O)C(C)(C)CCCOc1cc(C)ccc1C)C(=O)OCC(CO)CO. The van der Waals surface area contributed by atoms with Crippen LogP contribution in [0.2, 0.25) is 0 Å². The molecule has 1 aromatic carbocycles. The Labute approximate surface area is 319 Å². The second kappa shape index (κ2) is 29.3. The first kappa shape index (κ1) is 46.8. The van der Waals surface area contributed by atoms with Crippen molar-refractivity contribution in [2.75, 3.05) is 33.0 Å². The normalized spacial score (nSPS) is 13.1. The fourth-order valence-electron chi connectivity index (χ4n) is 4.84. The number of aliphatic hydroxyl groups is 2. The lowest BCUT2D eigenvalue weighted by atomic mass is 9.86. The summed E-state index contributed by atoms with van der Waals surface area (Å²) in [7, 11) is 0. The maximum Gasteiger partial charge on any atom is 0.330 e. The highest BCUT2D eigenvalue weighted by atomic mass is 16.5. The number of aryl methyl sites for hydroxylation is 2. The zero-order valence-corrected chi connectivity index (χ0v) is 32.9. The molecule has 1 rings (SSSR count). The van der Waals surface area contributed by atoms with Gasteiger partial charge in [-0.05, 0) is 88.8 Å². The molecule has 0 radical (unpaired) electrons. The predicted octanol–water partition coefficient (Wildman–Crippen LogP) is 7.71. The molecule has 0 fully saturated rings. The molecule has 0 aliphatic carbocycles. The van der Waals surface area contributed by atoms with Gasteiger partial charge in [-0.1, -0.05) is 106 Å². The Morgan fingerprint density at radius 2 is 1.36 bits per heavy atom. The minimum absolute atomic E-state index is 0.151. The number of allylic oxidation sites excluding steroid dienone is 12. The van der Waals surface area contributed by atoms with E-state index in [1.165, 1.54) is 0 Å². The van der Waals surface area contributed by atoms with E-state index in [4.69, 9.17) is 9.47 Å². The number of aliphatic hydroxyl groups excluding tert-OH is 2. The zero-order chi connectivity index (χ0) is 39.2. The van der Waals surface area contributed by atoms with E-state index in [2.05, 4.69) is 78.3 Å². The number of carbonyl (C=O) groups excluding carboxylic acids is 3. The molecule has 4 N–H and O–H groups in total. The lowest BCUT2D eigenvalue weighted by Gasteiger charge is -2.27. The molecule has 1 unspecified atom stereocenters. The number of nitrogens with one attached hydrogen (secondary N) is 2. The van der Waals surface area contributed by atoms with Crippen LogP contribution in [0.15, 0.2) is 91.1 Å². The summed E-state index contributed by atoms with van der Waals surface area (Å²) in [5, 5.41) is 24.2. The highest BCUT2D eigenvalue weighted by Gasteiger charge is 2.32. The molecule has 0 spiro atoms. The molecule has 0 bridgehead atoms. The number of esters is 1. The van der Waals surface area contributed by atoms with E-state index in [1.807, 2.05) is 44.2 Å². The Bertz CT molecular complexity index is 1370. The van der Waals surface area contributed by atoms with E-state index < -0.39 is 23.3 Å². The Morgan fingerprint density at radius 3 is 1.91 bits per heavy atom. The standard InChI is InChI=1S/C44H66N2O7/c1-6-7-8-9-10-11-12-13-14-15-16-17-18-19-20-21-22-23-24-26-41(49)45-32-39(42(50)53-35-38(33-47)34-48)46-43(51)44(4,5)29-25-30-52-40-31-36(2)27-28-37(40)3/h7-8,10-11,13-14,16-17,19-20,22-23,27-28,31,38-39,47-48H,6,9,12,15,18,21,24-26,29-30,32-35H2,1-5H3,(H,45,49)(H,46,51). The average Bonchev–Trinajstić information content (AvgIpc) is 3.14. The second-order valence-corrected chi connectivity index (χ2v) is 13.8. The van der Waals surface area contributed by atoms with Crippen LogP contribution in [0.3, 0.4) is 0 Å². The van der Waals surface area contributed by atoms with Gasteiger partial charge in [0, 0.05) is 24.3 Å². The Kier molecular flexibility index (Phi) is 25.8. The maximum atomic E-state index is 13.3. The topological polar surface area (TPSA) is 134 Å². The lowest BCUT2D eigenvalue weighted by molar-refractivity contribution is -0.151. The summed E-state index contributed by atoms with van der Waals surface area (Å²) in [6.45, 7) is 9.06. The molecule has 0 aliphatic rings. The maximum absolute atomic E-state index is 13.3. The zero-order valence-electron chi connectivity index (χ0n) is 32.9. The molecule has 1 atom stereocenters. The van der Waals surface area contributed by atoms with Crippen molar-refractivity contribution in [3.63, 3.8) is 0 Å². The minimum Gasteiger partial charge on any atom is -0.493 e. The van der Waals surface area contributed by atoms with E-state index in [-0.39, 0.29) is 44.6 Å². The van der Waals surface area contributed by atoms with Gasteiger partial charge in [-0.25, -0.2) is 4.79 Å². The molecule has 0 aromatic heterocycles. The predicted molar refractivity (Wildman–Crippen MR) is 215 cm³/mol. The van der Waals surface area contributed by atoms with Crippen molar-refractivity contribution in [2.24, 2.45) is 11.3 Å². The molecular weight excluding hydrogens is 668 g/mol. The number of rotatable bonds is 28. The van der Waals surface area contributed by atoms with Crippen molar-refractivity contribution in [1.29, 1.82) is 0 Å². The van der Waals surface area contributed by atoms with Gasteiger partial charge >= 0.3 is 5.97 Å². The summed E-state index contributed by atoms with van der Waals surface area (Å²) in [6.07, 6.45) is 33.0. The van der Waals surface area contributed by atoms with Crippen LogP contribution in [-0.2, 0) is 19.1 Å². The summed E-state index contributed by atoms with van der Waals surface area (Å²) in [4.78, 5) is 38.9. The van der Waals surface area contributed by atoms with Crippen LogP contribution in [0, 0.1) is 25.2 Å². The largest absolute Gasteiger partial charge is 0.493 e. The number of hydrogen-bond acceptors (Lipinski definition) is 7. The van der Waals surface area contributed by atoms with Gasteiger partial charge in [-0.15, -0.1) is 0 Å². The summed E-state index contributed by atoms with van der Waals surface area (Å²) < 4.78 is 11.2. The quantitative estimate of drug-likeness (QED) is 0.0394. The molecule has 2 amide bonds. The lowest BCUT2D eigenvalue weighted by Crippen LogP contribution is -2.52. The van der Waals surface area contributed by atoms with Gasteiger partial charge in [0.2, 0.25) is 11.8 Å². The molecule has 0 saturated carbocycles. The highest BCUT2D eigenvalue weighted by molar-refractivity contribution is 5.88. The third-order valence-corrected chi connectivity index (χ3v) is 8.37. The van der Waals surface area contributed by atoms with Crippen molar-refractivity contribution < 1.29 is 34.1 Å². The summed E-state index contributed by atoms with van der Waals surface area (Å²) in [5.41, 5.74) is 1.31. The first-order valence-corrected chi connectivity index (χ1v) is 19.1. The van der Waals surface area contributed by atoms with Crippen LogP contribution in [0.1, 0.15) is 96.1 Å². The third kappa shape index (κ3) is 23.2. The van der Waals surface area contributed by atoms with Crippen molar-refractivity contribution in [3.8, 4) is 5.75 Å². The van der Waals surface area contributed by atoms with Crippen LogP contribution >= 0.6 is 0 Å². The van der Waals surface area contributed by atoms with Crippen molar-refractivity contribution in [2.45, 2.75) is 105 Å². The van der Waals surface area contributed by atoms with Gasteiger partial charge < -0.3 is 30.3 Å². The van der Waals surface area contributed by atoms with Gasteiger partial charge in [0.1, 0.15) is 11.8 Å². The van der Waals surface area contributed by atoms with Crippen molar-refractivity contribution in [3.05, 3.63) is 102 Å². The van der Waals surface area contributed by atoms with Crippen molar-refractivity contribution in [1.82, 2.24) is 10.6 Å². The Balaban J connectivity index is 2.49. The monoisotopic (exact) mass is 734 g/mol. The van der Waals surface area contributed by atoms with Crippen LogP contribution in [-0.4, -0.2) is 67.0 Å². The van der Waals surface area contributed by atoms with E-state index in [9.17, 15) is 24.6 Å². The first-order valence-electron chi connectivity index (χ1n) is 19.1. The highest BCUT2D eigenvalue weighted by Crippen LogP contribution is 2.24. The first-order chi connectivity index (χ1) is 25.5. The third-order valence-electron chi connectivity index (χ3n) is 8.37. The van der Waals surface area contributed by atoms with E-state index in [0.717, 1.165) is 55.4 Å². The number of hydrogen-bond donors (Lipinski definition) is 4. The van der Waals surface area contributed by atoms with Gasteiger partial charge in [-0.2, -0.15) is 0 Å². The van der Waals surface area contributed by atoms with E-state index in [1.54, 1.807) is 13.8 Å².